The topological polar surface area (TPSA) is 119 Å². The number of aryl methyl sites for hydroxylation is 1. The number of rotatable bonds is 6. The number of aromatic nitrogens is 1. The van der Waals surface area contributed by atoms with E-state index >= 15 is 0 Å². The van der Waals surface area contributed by atoms with Crippen LogP contribution in [-0.4, -0.2) is 45.7 Å². The van der Waals surface area contributed by atoms with Crippen LogP contribution >= 0.6 is 0 Å². The molecule has 1 aromatic carbocycles. The van der Waals surface area contributed by atoms with Crippen molar-refractivity contribution < 1.29 is 19.2 Å². The highest BCUT2D eigenvalue weighted by atomic mass is 16.5. The summed E-state index contributed by atoms with van der Waals surface area (Å²) >= 11 is 0. The molecule has 3 rings (SSSR count). The number of carbonyl (C=O) groups excluding carboxylic acids is 2. The second-order valence-electron chi connectivity index (χ2n) is 8.45. The van der Waals surface area contributed by atoms with Gasteiger partial charge in [0, 0.05) is 19.0 Å². The predicted octanol–water partition coefficient (Wildman–Crippen LogP) is 2.43. The van der Waals surface area contributed by atoms with Crippen LogP contribution in [0.25, 0.3) is 0 Å². The quantitative estimate of drug-likeness (QED) is 0.735. The molecule has 2 amide bonds. The van der Waals surface area contributed by atoms with Crippen LogP contribution < -0.4 is 5.32 Å². The third-order valence-electron chi connectivity index (χ3n) is 5.65. The summed E-state index contributed by atoms with van der Waals surface area (Å²) in [5.41, 5.74) is 2.07. The predicted molar refractivity (Wildman–Crippen MR) is 113 cm³/mol. The highest BCUT2D eigenvalue weighted by molar-refractivity contribution is 5.91. The Kier molecular flexibility index (Phi) is 6.76. The van der Waals surface area contributed by atoms with Crippen LogP contribution in [-0.2, 0) is 9.59 Å². The molecule has 0 radical (unpaired) electrons. The molecule has 0 unspecified atom stereocenters. The van der Waals surface area contributed by atoms with E-state index in [0.29, 0.717) is 17.0 Å². The second-order valence-corrected chi connectivity index (χ2v) is 8.45. The third-order valence-corrected chi connectivity index (χ3v) is 5.65. The van der Waals surface area contributed by atoms with Crippen molar-refractivity contribution in [2.45, 2.75) is 58.2 Å². The molecular weight excluding hydrogens is 396 g/mol. The zero-order valence-corrected chi connectivity index (χ0v) is 18.2. The zero-order valence-electron chi connectivity index (χ0n) is 18.2. The number of carbonyl (C=O) groups is 2. The first kappa shape index (κ1) is 22.5. The maximum Gasteiger partial charge on any atom is 0.243 e. The average molecular weight is 425 g/mol. The van der Waals surface area contributed by atoms with Gasteiger partial charge in [-0.1, -0.05) is 31.1 Å². The summed E-state index contributed by atoms with van der Waals surface area (Å²) < 4.78 is 5.35. The molecular formula is C23H28N4O4. The average Bonchev–Trinajstić information content (AvgIpc) is 3.33. The van der Waals surface area contributed by atoms with Crippen molar-refractivity contribution in [3.05, 3.63) is 52.9 Å². The van der Waals surface area contributed by atoms with Crippen molar-refractivity contribution >= 4 is 11.8 Å². The minimum atomic E-state index is -0.770. The zero-order chi connectivity index (χ0) is 22.7. The molecule has 164 valence electrons. The Balaban J connectivity index is 1.76. The number of aliphatic hydroxyl groups excluding tert-OH is 1. The Morgan fingerprint density at radius 1 is 1.29 bits per heavy atom. The third kappa shape index (κ3) is 4.94. The highest BCUT2D eigenvalue weighted by Crippen LogP contribution is 2.31. The molecule has 2 heterocycles. The molecule has 4 atom stereocenters. The van der Waals surface area contributed by atoms with Crippen LogP contribution in [0.5, 0.6) is 0 Å². The first-order valence-corrected chi connectivity index (χ1v) is 10.4. The van der Waals surface area contributed by atoms with E-state index in [-0.39, 0.29) is 36.7 Å². The van der Waals surface area contributed by atoms with E-state index in [1.807, 2.05) is 20.8 Å². The number of benzene rings is 1. The molecule has 0 spiro atoms. The van der Waals surface area contributed by atoms with Crippen molar-refractivity contribution in [3.8, 4) is 6.07 Å². The monoisotopic (exact) mass is 424 g/mol. The molecule has 0 saturated carbocycles. The van der Waals surface area contributed by atoms with Crippen LogP contribution in [0.2, 0.25) is 0 Å². The van der Waals surface area contributed by atoms with Gasteiger partial charge in [-0.05, 0) is 37.5 Å². The van der Waals surface area contributed by atoms with Gasteiger partial charge in [-0.2, -0.15) is 5.26 Å². The molecule has 0 bridgehead atoms. The minimum Gasteiger partial charge on any atom is -0.391 e. The standard InChI is InChI=1S/C23H28N4O4/c1-13(2)21(20-9-14(3)26-31-20)23(30)27-12-18(28)10-19(27)22(29)25-15(4)17-7-5-16(11-24)6-8-17/h5-9,13,15,18-19,21,28H,10,12H2,1-4H3,(H,25,29)/t15-,18+,19-,21-/m0/s1. The van der Waals surface area contributed by atoms with Gasteiger partial charge in [0.15, 0.2) is 0 Å². The lowest BCUT2D eigenvalue weighted by Gasteiger charge is -2.29. The summed E-state index contributed by atoms with van der Waals surface area (Å²) in [5, 5.41) is 26.0. The normalized spacial score (nSPS) is 20.4. The fourth-order valence-electron chi connectivity index (χ4n) is 3.99. The maximum absolute atomic E-state index is 13.4. The Labute approximate surface area is 181 Å². The molecule has 0 aliphatic carbocycles. The van der Waals surface area contributed by atoms with Crippen molar-refractivity contribution in [1.82, 2.24) is 15.4 Å². The lowest BCUT2D eigenvalue weighted by molar-refractivity contribution is -0.141. The molecule has 1 aromatic heterocycles. The Bertz CT molecular complexity index is 976. The van der Waals surface area contributed by atoms with E-state index in [2.05, 4.69) is 16.5 Å². The van der Waals surface area contributed by atoms with E-state index in [1.165, 1.54) is 4.90 Å². The van der Waals surface area contributed by atoms with E-state index in [4.69, 9.17) is 9.78 Å². The summed E-state index contributed by atoms with van der Waals surface area (Å²) in [6.07, 6.45) is -0.591. The lowest BCUT2D eigenvalue weighted by Crippen LogP contribution is -2.48. The van der Waals surface area contributed by atoms with E-state index < -0.39 is 18.1 Å². The van der Waals surface area contributed by atoms with Crippen molar-refractivity contribution in [3.63, 3.8) is 0 Å². The molecule has 8 nitrogen and oxygen atoms in total. The van der Waals surface area contributed by atoms with Gasteiger partial charge in [-0.25, -0.2) is 0 Å². The van der Waals surface area contributed by atoms with Crippen LogP contribution in [0.3, 0.4) is 0 Å². The van der Waals surface area contributed by atoms with Crippen LogP contribution in [0.1, 0.15) is 61.7 Å². The number of nitrogens with zero attached hydrogens (tertiary/aromatic N) is 3. The number of β-amino-alcohol motifs (C(OH)–C–C–N with tert-alkyl or cyclic N) is 1. The van der Waals surface area contributed by atoms with E-state index in [1.54, 1.807) is 37.3 Å². The molecule has 2 N–H and O–H groups in total. The molecule has 1 fully saturated rings. The van der Waals surface area contributed by atoms with Gasteiger partial charge in [0.25, 0.3) is 0 Å². The van der Waals surface area contributed by atoms with Gasteiger partial charge >= 0.3 is 0 Å². The van der Waals surface area contributed by atoms with Crippen LogP contribution in [0.15, 0.2) is 34.9 Å². The number of hydrogen-bond acceptors (Lipinski definition) is 6. The van der Waals surface area contributed by atoms with Crippen LogP contribution in [0.4, 0.5) is 0 Å². The minimum absolute atomic E-state index is 0.0705. The van der Waals surface area contributed by atoms with Crippen molar-refractivity contribution in [1.29, 1.82) is 5.26 Å². The molecule has 1 aliphatic rings. The Morgan fingerprint density at radius 3 is 2.52 bits per heavy atom. The fourth-order valence-corrected chi connectivity index (χ4v) is 3.99. The van der Waals surface area contributed by atoms with Crippen LogP contribution in [0, 0.1) is 24.2 Å². The van der Waals surface area contributed by atoms with Gasteiger partial charge in [-0.15, -0.1) is 0 Å². The number of hydrogen-bond donors (Lipinski definition) is 2. The van der Waals surface area contributed by atoms with Gasteiger partial charge in [0.05, 0.1) is 29.5 Å². The van der Waals surface area contributed by atoms with Crippen molar-refractivity contribution in [2.24, 2.45) is 5.92 Å². The number of aliphatic hydroxyl groups is 1. The van der Waals surface area contributed by atoms with Gasteiger partial charge in [0.2, 0.25) is 11.8 Å². The maximum atomic E-state index is 13.4. The van der Waals surface area contributed by atoms with Crippen molar-refractivity contribution in [2.75, 3.05) is 6.54 Å². The molecule has 1 aliphatic heterocycles. The smallest absolute Gasteiger partial charge is 0.243 e. The summed E-state index contributed by atoms with van der Waals surface area (Å²) in [5.74, 6) is -0.771. The van der Waals surface area contributed by atoms with Gasteiger partial charge in [0.1, 0.15) is 17.7 Å². The Hall–Kier alpha value is -3.18. The number of amides is 2. The lowest BCUT2D eigenvalue weighted by atomic mass is 9.91. The summed E-state index contributed by atoms with van der Waals surface area (Å²) in [4.78, 5) is 27.9. The second kappa shape index (κ2) is 9.31. The number of likely N-dealkylation sites (tertiary alicyclic amines) is 1. The number of nitriles is 1. The number of nitrogens with one attached hydrogen (secondary N) is 1. The SMILES string of the molecule is Cc1cc([C@@H](C(=O)N2C[C@H](O)C[C@H]2C(=O)N[C@@H](C)c2ccc(C#N)cc2)C(C)C)on1. The summed E-state index contributed by atoms with van der Waals surface area (Å²) in [7, 11) is 0. The molecule has 8 heteroatoms. The molecule has 31 heavy (non-hydrogen) atoms. The van der Waals surface area contributed by atoms with E-state index in [9.17, 15) is 14.7 Å². The first-order valence-electron chi connectivity index (χ1n) is 10.4. The fraction of sp³-hybridized carbons (Fsp3) is 0.478. The molecule has 2 aromatic rings. The first-order chi connectivity index (χ1) is 14.7. The van der Waals surface area contributed by atoms with Gasteiger partial charge < -0.3 is 19.8 Å². The summed E-state index contributed by atoms with van der Waals surface area (Å²) in [6, 6.07) is 9.68. The van der Waals surface area contributed by atoms with Gasteiger partial charge in [-0.3, -0.25) is 9.59 Å². The summed E-state index contributed by atoms with van der Waals surface area (Å²) in [6.45, 7) is 7.54. The molecule has 1 saturated heterocycles. The largest absolute Gasteiger partial charge is 0.391 e. The van der Waals surface area contributed by atoms with E-state index in [0.717, 1.165) is 5.56 Å². The Morgan fingerprint density at radius 2 is 1.97 bits per heavy atom. The highest BCUT2D eigenvalue weighted by Gasteiger charge is 2.43.